The topological polar surface area (TPSA) is 74.7 Å². The summed E-state index contributed by atoms with van der Waals surface area (Å²) < 4.78 is 38.4. The molecule has 1 aromatic carbocycles. The molecule has 1 fully saturated rings. The first-order valence-corrected chi connectivity index (χ1v) is 10.1. The van der Waals surface area contributed by atoms with E-state index in [1.165, 1.54) is 28.4 Å². The van der Waals surface area contributed by atoms with E-state index < -0.39 is 22.9 Å². The Balaban J connectivity index is 1.70. The Labute approximate surface area is 172 Å². The molecule has 1 N–H and O–H groups in total. The fourth-order valence-electron chi connectivity index (χ4n) is 2.53. The Hall–Kier alpha value is -2.66. The van der Waals surface area contributed by atoms with Gasteiger partial charge in [0.15, 0.2) is 5.17 Å². The van der Waals surface area contributed by atoms with E-state index in [1.54, 1.807) is 17.7 Å². The minimum atomic E-state index is -4.51. The standard InChI is InChI=1S/C18H15F3N4O2S2/c1-2-7-25-15(27)13(29-17(25)24-16-22-6-8-28-16)10-14(26)23-12-5-3-4-11(9-12)18(19,20)21/h2-6,8-9,13H,1,7,10H2,(H,23,26)/b24-17-. The molecule has 1 atom stereocenters. The lowest BCUT2D eigenvalue weighted by Gasteiger charge is -2.13. The van der Waals surface area contributed by atoms with Gasteiger partial charge in [-0.2, -0.15) is 18.2 Å². The lowest BCUT2D eigenvalue weighted by molar-refractivity contribution is -0.137. The highest BCUT2D eigenvalue weighted by molar-refractivity contribution is 8.15. The van der Waals surface area contributed by atoms with Gasteiger partial charge in [-0.3, -0.25) is 14.5 Å². The van der Waals surface area contributed by atoms with Crippen molar-refractivity contribution in [1.82, 2.24) is 9.88 Å². The molecular weight excluding hydrogens is 425 g/mol. The molecule has 2 heterocycles. The molecular formula is C18H15F3N4O2S2. The number of aliphatic imine (C=N–C) groups is 1. The third-order valence-corrected chi connectivity index (χ3v) is 5.63. The van der Waals surface area contributed by atoms with Crippen LogP contribution in [0.3, 0.4) is 0 Å². The molecule has 0 saturated carbocycles. The van der Waals surface area contributed by atoms with Gasteiger partial charge in [0.2, 0.25) is 16.9 Å². The SMILES string of the molecule is C=CCN1C(=O)C(CC(=O)Nc2cccc(C(F)(F)F)c2)S/C1=N\c1nccs1. The van der Waals surface area contributed by atoms with E-state index in [2.05, 4.69) is 21.9 Å². The van der Waals surface area contributed by atoms with Gasteiger partial charge in [-0.15, -0.1) is 17.9 Å². The van der Waals surface area contributed by atoms with Gasteiger partial charge < -0.3 is 5.32 Å². The summed E-state index contributed by atoms with van der Waals surface area (Å²) in [5.41, 5.74) is -0.850. The molecule has 0 spiro atoms. The van der Waals surface area contributed by atoms with E-state index in [0.717, 1.165) is 23.9 Å². The molecule has 6 nitrogen and oxygen atoms in total. The number of amides is 2. The second kappa shape index (κ2) is 8.78. The average Bonchev–Trinajstić information content (AvgIpc) is 3.26. The molecule has 1 saturated heterocycles. The number of nitrogens with zero attached hydrogens (tertiary/aromatic N) is 3. The Morgan fingerprint density at radius 3 is 2.86 bits per heavy atom. The summed E-state index contributed by atoms with van der Waals surface area (Å²) in [6.07, 6.45) is -1.58. The van der Waals surface area contributed by atoms with Crippen LogP contribution in [-0.2, 0) is 15.8 Å². The molecule has 1 aromatic heterocycles. The second-order valence-electron chi connectivity index (χ2n) is 5.88. The number of rotatable bonds is 6. The summed E-state index contributed by atoms with van der Waals surface area (Å²) in [7, 11) is 0. The highest BCUT2D eigenvalue weighted by Gasteiger charge is 2.39. The summed E-state index contributed by atoms with van der Waals surface area (Å²) >= 11 is 2.42. The summed E-state index contributed by atoms with van der Waals surface area (Å²) in [6.45, 7) is 3.84. The fraction of sp³-hybridized carbons (Fsp3) is 0.222. The maximum atomic E-state index is 12.8. The first-order chi connectivity index (χ1) is 13.8. The quantitative estimate of drug-likeness (QED) is 0.680. The molecule has 0 radical (unpaired) electrons. The van der Waals surface area contributed by atoms with Crippen LogP contribution in [0.5, 0.6) is 0 Å². The Kier molecular flexibility index (Phi) is 6.38. The van der Waals surface area contributed by atoms with Crippen molar-refractivity contribution in [3.63, 3.8) is 0 Å². The monoisotopic (exact) mass is 440 g/mol. The third kappa shape index (κ3) is 5.24. The van der Waals surface area contributed by atoms with Gasteiger partial charge in [0.05, 0.1) is 5.56 Å². The number of hydrogen-bond donors (Lipinski definition) is 1. The first kappa shape index (κ1) is 21.1. The molecule has 2 aromatic rings. The summed E-state index contributed by atoms with van der Waals surface area (Å²) in [6, 6.07) is 4.33. The van der Waals surface area contributed by atoms with Crippen molar-refractivity contribution in [2.45, 2.75) is 17.8 Å². The molecule has 2 amide bonds. The van der Waals surface area contributed by atoms with E-state index >= 15 is 0 Å². The number of anilines is 1. The van der Waals surface area contributed by atoms with E-state index in [0.29, 0.717) is 10.3 Å². The van der Waals surface area contributed by atoms with Crippen LogP contribution in [0.1, 0.15) is 12.0 Å². The zero-order chi connectivity index (χ0) is 21.0. The maximum Gasteiger partial charge on any atom is 0.416 e. The number of nitrogens with one attached hydrogen (secondary N) is 1. The van der Waals surface area contributed by atoms with Crippen LogP contribution < -0.4 is 5.32 Å². The Morgan fingerprint density at radius 1 is 1.41 bits per heavy atom. The lowest BCUT2D eigenvalue weighted by Crippen LogP contribution is -2.33. The van der Waals surface area contributed by atoms with Gasteiger partial charge in [0, 0.05) is 30.2 Å². The first-order valence-electron chi connectivity index (χ1n) is 8.32. The van der Waals surface area contributed by atoms with Gasteiger partial charge in [-0.25, -0.2) is 4.98 Å². The smallest absolute Gasteiger partial charge is 0.326 e. The van der Waals surface area contributed by atoms with E-state index in [9.17, 15) is 22.8 Å². The van der Waals surface area contributed by atoms with Crippen LogP contribution in [0.2, 0.25) is 0 Å². The minimum absolute atomic E-state index is 0.0138. The fourth-order valence-corrected chi connectivity index (χ4v) is 4.24. The van der Waals surface area contributed by atoms with Crippen molar-refractivity contribution in [3.05, 3.63) is 54.1 Å². The predicted molar refractivity (Wildman–Crippen MR) is 107 cm³/mol. The molecule has 29 heavy (non-hydrogen) atoms. The maximum absolute atomic E-state index is 12.8. The van der Waals surface area contributed by atoms with Crippen molar-refractivity contribution in [2.75, 3.05) is 11.9 Å². The van der Waals surface area contributed by atoms with Crippen LogP contribution >= 0.6 is 23.1 Å². The van der Waals surface area contributed by atoms with E-state index in [-0.39, 0.29) is 24.6 Å². The van der Waals surface area contributed by atoms with Crippen molar-refractivity contribution in [1.29, 1.82) is 0 Å². The Bertz CT molecular complexity index is 945. The van der Waals surface area contributed by atoms with Crippen LogP contribution in [0, 0.1) is 0 Å². The van der Waals surface area contributed by atoms with Gasteiger partial charge in [-0.05, 0) is 18.2 Å². The van der Waals surface area contributed by atoms with Crippen molar-refractivity contribution >= 4 is 50.9 Å². The molecule has 0 aliphatic carbocycles. The number of thiazole rings is 1. The molecule has 3 rings (SSSR count). The lowest BCUT2D eigenvalue weighted by atomic mass is 10.2. The number of benzene rings is 1. The highest BCUT2D eigenvalue weighted by Crippen LogP contribution is 2.33. The van der Waals surface area contributed by atoms with Crippen LogP contribution in [0.25, 0.3) is 0 Å². The third-order valence-electron chi connectivity index (χ3n) is 3.79. The molecule has 152 valence electrons. The second-order valence-corrected chi connectivity index (χ2v) is 7.93. The van der Waals surface area contributed by atoms with E-state index in [4.69, 9.17) is 0 Å². The zero-order valence-corrected chi connectivity index (χ0v) is 16.5. The van der Waals surface area contributed by atoms with Crippen molar-refractivity contribution in [3.8, 4) is 0 Å². The largest absolute Gasteiger partial charge is 0.416 e. The summed E-state index contributed by atoms with van der Waals surface area (Å²) in [5, 5.41) is 4.31. The number of alkyl halides is 3. The van der Waals surface area contributed by atoms with E-state index in [1.807, 2.05) is 0 Å². The molecule has 1 unspecified atom stereocenters. The average molecular weight is 440 g/mol. The molecule has 1 aliphatic heterocycles. The minimum Gasteiger partial charge on any atom is -0.326 e. The molecule has 1 aliphatic rings. The number of thioether (sulfide) groups is 1. The van der Waals surface area contributed by atoms with Crippen molar-refractivity contribution < 1.29 is 22.8 Å². The number of halogens is 3. The number of aromatic nitrogens is 1. The summed E-state index contributed by atoms with van der Waals surface area (Å²) in [4.78, 5) is 34.7. The number of carbonyl (C=O) groups excluding carboxylic acids is 2. The van der Waals surface area contributed by atoms with Gasteiger partial charge in [0.25, 0.3) is 0 Å². The van der Waals surface area contributed by atoms with Crippen molar-refractivity contribution in [2.24, 2.45) is 4.99 Å². The van der Waals surface area contributed by atoms with Crippen LogP contribution in [0.15, 0.2) is 53.5 Å². The summed E-state index contributed by atoms with van der Waals surface area (Å²) in [5.74, 6) is -0.881. The number of carbonyl (C=O) groups is 2. The van der Waals surface area contributed by atoms with Crippen LogP contribution in [0.4, 0.5) is 24.0 Å². The number of hydrogen-bond acceptors (Lipinski definition) is 6. The normalized spacial score (nSPS) is 18.3. The van der Waals surface area contributed by atoms with Gasteiger partial charge in [0.1, 0.15) is 5.25 Å². The number of amidine groups is 1. The van der Waals surface area contributed by atoms with Gasteiger partial charge >= 0.3 is 6.18 Å². The zero-order valence-electron chi connectivity index (χ0n) is 14.8. The molecule has 11 heteroatoms. The Morgan fingerprint density at radius 2 is 2.21 bits per heavy atom. The highest BCUT2D eigenvalue weighted by atomic mass is 32.2. The van der Waals surface area contributed by atoms with Gasteiger partial charge in [-0.1, -0.05) is 23.9 Å². The molecule has 0 bridgehead atoms. The van der Waals surface area contributed by atoms with Crippen LogP contribution in [-0.4, -0.2) is 38.7 Å². The predicted octanol–water partition coefficient (Wildman–Crippen LogP) is 4.31.